The average molecular weight is 438 g/mol. The number of carboxylic acids is 2. The number of aliphatic carboxylic acids is 2. The van der Waals surface area contributed by atoms with Crippen molar-refractivity contribution in [2.24, 2.45) is 0 Å². The number of aromatic nitrogens is 1. The molecule has 168 valence electrons. The van der Waals surface area contributed by atoms with E-state index in [0.29, 0.717) is 0 Å². The van der Waals surface area contributed by atoms with E-state index in [0.717, 1.165) is 37.6 Å². The molecule has 0 fully saturated rings. The monoisotopic (exact) mass is 438 g/mol. The van der Waals surface area contributed by atoms with E-state index < -0.39 is 11.9 Å². The number of carbonyl (C=O) groups is 2. The maximum Gasteiger partial charge on any atom is 0.414 e. The Morgan fingerprint density at radius 2 is 1.62 bits per heavy atom. The molecule has 2 N–H and O–H groups in total. The van der Waals surface area contributed by atoms with Gasteiger partial charge in [0.1, 0.15) is 0 Å². The first-order chi connectivity index (χ1) is 15.4. The van der Waals surface area contributed by atoms with Gasteiger partial charge in [-0.25, -0.2) is 9.59 Å². The molecule has 8 nitrogen and oxygen atoms in total. The highest BCUT2D eigenvalue weighted by Gasteiger charge is 2.18. The van der Waals surface area contributed by atoms with Crippen LogP contribution in [0.2, 0.25) is 0 Å². The van der Waals surface area contributed by atoms with Crippen LogP contribution in [0.3, 0.4) is 0 Å². The first-order valence-corrected chi connectivity index (χ1v) is 10.1. The van der Waals surface area contributed by atoms with Crippen molar-refractivity contribution in [1.29, 1.82) is 0 Å². The molecule has 8 heteroatoms. The Morgan fingerprint density at radius 1 is 0.906 bits per heavy atom. The Balaban J connectivity index is 0.000000427. The zero-order valence-electron chi connectivity index (χ0n) is 18.0. The molecule has 0 spiro atoms. The topological polar surface area (TPSA) is 101 Å². The maximum absolute atomic E-state index is 9.10. The fourth-order valence-electron chi connectivity index (χ4n) is 3.67. The molecule has 1 aromatic heterocycles. The highest BCUT2D eigenvalue weighted by Crippen LogP contribution is 2.28. The number of hydrogen-bond acceptors (Lipinski definition) is 5. The lowest BCUT2D eigenvalue weighted by Gasteiger charge is -2.20. The van der Waals surface area contributed by atoms with Gasteiger partial charge in [-0.3, -0.25) is 4.90 Å². The highest BCUT2D eigenvalue weighted by molar-refractivity contribution is 6.27. The van der Waals surface area contributed by atoms with Gasteiger partial charge < -0.3 is 24.3 Å². The van der Waals surface area contributed by atoms with Crippen molar-refractivity contribution in [2.75, 3.05) is 20.8 Å². The van der Waals surface area contributed by atoms with E-state index in [1.54, 1.807) is 14.2 Å². The van der Waals surface area contributed by atoms with E-state index in [1.807, 2.05) is 6.07 Å². The predicted molar refractivity (Wildman–Crippen MR) is 118 cm³/mol. The number of ether oxygens (including phenoxy) is 2. The number of para-hydroxylation sites is 1. The van der Waals surface area contributed by atoms with Gasteiger partial charge in [-0.15, -0.1) is 0 Å². The summed E-state index contributed by atoms with van der Waals surface area (Å²) in [6, 6.07) is 19.2. The van der Waals surface area contributed by atoms with Crippen LogP contribution in [0, 0.1) is 0 Å². The van der Waals surface area contributed by atoms with Crippen molar-refractivity contribution in [2.45, 2.75) is 19.5 Å². The molecule has 2 heterocycles. The lowest BCUT2D eigenvalue weighted by atomic mass is 10.1. The lowest BCUT2D eigenvalue weighted by molar-refractivity contribution is -0.159. The van der Waals surface area contributed by atoms with Crippen LogP contribution in [0.4, 0.5) is 0 Å². The zero-order valence-corrected chi connectivity index (χ0v) is 18.0. The smallest absolute Gasteiger partial charge is 0.414 e. The molecular weight excluding hydrogens is 412 g/mol. The van der Waals surface area contributed by atoms with Gasteiger partial charge in [-0.2, -0.15) is 0 Å². The van der Waals surface area contributed by atoms with Crippen LogP contribution in [0.5, 0.6) is 11.5 Å². The molecule has 1 aliphatic rings. The van der Waals surface area contributed by atoms with E-state index in [9.17, 15) is 0 Å². The molecule has 4 rings (SSSR count). The molecule has 3 aromatic rings. The number of fused-ring (bicyclic) bond motifs is 3. The summed E-state index contributed by atoms with van der Waals surface area (Å²) in [6.45, 7) is 2.91. The Labute approximate surface area is 186 Å². The third kappa shape index (κ3) is 5.47. The number of rotatable bonds is 5. The average Bonchev–Trinajstić information content (AvgIpc) is 3.19. The second-order valence-electron chi connectivity index (χ2n) is 7.26. The van der Waals surface area contributed by atoms with E-state index in [2.05, 4.69) is 64.2 Å². The van der Waals surface area contributed by atoms with Crippen LogP contribution < -0.4 is 9.47 Å². The minimum absolute atomic E-state index is 0.776. The van der Waals surface area contributed by atoms with Crippen LogP contribution in [0.25, 0.3) is 5.69 Å². The van der Waals surface area contributed by atoms with Crippen molar-refractivity contribution in [1.82, 2.24) is 9.47 Å². The molecule has 2 aromatic carbocycles. The van der Waals surface area contributed by atoms with Crippen molar-refractivity contribution in [3.8, 4) is 17.2 Å². The second kappa shape index (κ2) is 10.5. The molecule has 0 saturated heterocycles. The summed E-state index contributed by atoms with van der Waals surface area (Å²) in [5.41, 5.74) is 5.26. The minimum atomic E-state index is -1.82. The molecular formula is C24H26N2O6. The molecule has 0 aliphatic carbocycles. The quantitative estimate of drug-likeness (QED) is 0.590. The fourth-order valence-corrected chi connectivity index (χ4v) is 3.67. The maximum atomic E-state index is 9.10. The minimum Gasteiger partial charge on any atom is -0.493 e. The second-order valence-corrected chi connectivity index (χ2v) is 7.26. The summed E-state index contributed by atoms with van der Waals surface area (Å²) in [4.78, 5) is 20.7. The van der Waals surface area contributed by atoms with Gasteiger partial charge in [-0.05, 0) is 47.9 Å². The molecule has 0 atom stereocenters. The van der Waals surface area contributed by atoms with Gasteiger partial charge in [0.25, 0.3) is 0 Å². The standard InChI is InChI=1S/C22H24N2O2.C2H2O4/c1-25-21-10-9-17(14-22(21)26-2)11-13-23-15-18-6-3-4-8-20(18)24-12-5-7-19(24)16-23;3-1(4)2(5)6/h3-10,12,14H,11,13,15-16H2,1-2H3;(H,3,4)(H,5,6). The number of hydrogen-bond donors (Lipinski definition) is 2. The molecule has 0 unspecified atom stereocenters. The van der Waals surface area contributed by atoms with Crippen molar-refractivity contribution < 1.29 is 29.3 Å². The van der Waals surface area contributed by atoms with Crippen molar-refractivity contribution in [3.05, 3.63) is 77.6 Å². The fraction of sp³-hybridized carbons (Fsp3) is 0.250. The number of benzene rings is 2. The molecule has 0 bridgehead atoms. The first-order valence-electron chi connectivity index (χ1n) is 10.1. The predicted octanol–water partition coefficient (Wildman–Crippen LogP) is 3.21. The Kier molecular flexibility index (Phi) is 7.51. The van der Waals surface area contributed by atoms with Crippen molar-refractivity contribution >= 4 is 11.9 Å². The highest BCUT2D eigenvalue weighted by atomic mass is 16.5. The molecule has 32 heavy (non-hydrogen) atoms. The molecule has 0 amide bonds. The number of methoxy groups -OCH3 is 2. The van der Waals surface area contributed by atoms with Gasteiger partial charge >= 0.3 is 11.9 Å². The summed E-state index contributed by atoms with van der Waals surface area (Å²) in [7, 11) is 3.35. The van der Waals surface area contributed by atoms with Gasteiger partial charge in [0, 0.05) is 37.2 Å². The molecule has 0 saturated carbocycles. The van der Waals surface area contributed by atoms with Gasteiger partial charge in [0.2, 0.25) is 0 Å². The summed E-state index contributed by atoms with van der Waals surface area (Å²) in [5.74, 6) is -2.08. The zero-order chi connectivity index (χ0) is 23.1. The van der Waals surface area contributed by atoms with Crippen LogP contribution in [0.1, 0.15) is 16.8 Å². The van der Waals surface area contributed by atoms with Gasteiger partial charge in [0.15, 0.2) is 11.5 Å². The largest absolute Gasteiger partial charge is 0.493 e. The lowest BCUT2D eigenvalue weighted by Crippen LogP contribution is -2.24. The van der Waals surface area contributed by atoms with Crippen LogP contribution >= 0.6 is 0 Å². The first kappa shape index (κ1) is 22.9. The van der Waals surface area contributed by atoms with E-state index in [1.165, 1.54) is 22.5 Å². The third-order valence-electron chi connectivity index (χ3n) is 5.21. The van der Waals surface area contributed by atoms with E-state index in [-0.39, 0.29) is 0 Å². The van der Waals surface area contributed by atoms with Crippen LogP contribution in [-0.4, -0.2) is 52.4 Å². The van der Waals surface area contributed by atoms with Crippen molar-refractivity contribution in [3.63, 3.8) is 0 Å². The van der Waals surface area contributed by atoms with Crippen LogP contribution in [-0.2, 0) is 29.1 Å². The van der Waals surface area contributed by atoms with Gasteiger partial charge in [0.05, 0.1) is 14.2 Å². The normalized spacial score (nSPS) is 12.4. The number of carboxylic acid groups (broad SMARTS) is 2. The SMILES string of the molecule is COc1ccc(CCN2Cc3ccccc3-n3cccc3C2)cc1OC.O=C(O)C(=O)O. The Hall–Kier alpha value is -3.78. The van der Waals surface area contributed by atoms with Crippen LogP contribution in [0.15, 0.2) is 60.8 Å². The summed E-state index contributed by atoms with van der Waals surface area (Å²) in [6.07, 6.45) is 3.13. The third-order valence-corrected chi connectivity index (χ3v) is 5.21. The molecule has 0 radical (unpaired) electrons. The summed E-state index contributed by atoms with van der Waals surface area (Å²) in [5, 5.41) is 14.8. The summed E-state index contributed by atoms with van der Waals surface area (Å²) < 4.78 is 13.1. The Bertz CT molecular complexity index is 1080. The van der Waals surface area contributed by atoms with E-state index >= 15 is 0 Å². The van der Waals surface area contributed by atoms with E-state index in [4.69, 9.17) is 29.3 Å². The Morgan fingerprint density at radius 3 is 2.31 bits per heavy atom. The van der Waals surface area contributed by atoms with Gasteiger partial charge in [-0.1, -0.05) is 24.3 Å². The summed E-state index contributed by atoms with van der Waals surface area (Å²) >= 11 is 0. The molecule has 1 aliphatic heterocycles. The number of nitrogens with zero attached hydrogens (tertiary/aromatic N) is 2.